The summed E-state index contributed by atoms with van der Waals surface area (Å²) in [5, 5.41) is 14.7. The van der Waals surface area contributed by atoms with Crippen molar-refractivity contribution in [1.82, 2.24) is 19.7 Å². The van der Waals surface area contributed by atoms with E-state index in [4.69, 9.17) is 5.73 Å². The Kier molecular flexibility index (Phi) is 3.40. The molecule has 2 N–H and O–H groups in total. The fraction of sp³-hybridized carbons (Fsp3) is 0.0526. The Balaban J connectivity index is 1.92. The lowest BCUT2D eigenvalue weighted by Gasteiger charge is -2.10. The van der Waals surface area contributed by atoms with Crippen LogP contribution < -0.4 is 5.73 Å². The van der Waals surface area contributed by atoms with Crippen LogP contribution in [-0.4, -0.2) is 19.7 Å². The van der Waals surface area contributed by atoms with Gasteiger partial charge >= 0.3 is 0 Å². The Hall–Kier alpha value is -3.72. The van der Waals surface area contributed by atoms with E-state index in [9.17, 15) is 5.26 Å². The molecule has 0 amide bonds. The van der Waals surface area contributed by atoms with Crippen molar-refractivity contribution in [3.05, 3.63) is 60.4 Å². The zero-order valence-electron chi connectivity index (χ0n) is 13.5. The minimum atomic E-state index is 0.213. The number of nitriles is 1. The molecule has 0 atom stereocenters. The zero-order valence-corrected chi connectivity index (χ0v) is 13.5. The molecule has 3 heterocycles. The molecule has 0 unspecified atom stereocenters. The first-order valence-electron chi connectivity index (χ1n) is 7.71. The number of hydrogen-bond donors (Lipinski definition) is 1. The number of benzene rings is 1. The molecule has 120 valence electrons. The van der Waals surface area contributed by atoms with Crippen molar-refractivity contribution >= 4 is 16.9 Å². The summed E-state index contributed by atoms with van der Waals surface area (Å²) in [4.78, 5) is 8.78. The molecule has 3 aromatic heterocycles. The second-order valence-corrected chi connectivity index (χ2v) is 5.73. The van der Waals surface area contributed by atoms with Crippen LogP contribution in [0.25, 0.3) is 33.4 Å². The molecule has 6 heteroatoms. The molecule has 0 saturated heterocycles. The van der Waals surface area contributed by atoms with Crippen molar-refractivity contribution in [1.29, 1.82) is 5.26 Å². The molecule has 6 nitrogen and oxygen atoms in total. The Bertz CT molecular complexity index is 1120. The maximum atomic E-state index is 9.47. The summed E-state index contributed by atoms with van der Waals surface area (Å²) in [6.45, 7) is 0. The molecular formula is C19H14N6. The average Bonchev–Trinajstić information content (AvgIpc) is 3.01. The Morgan fingerprint density at radius 2 is 1.92 bits per heavy atom. The van der Waals surface area contributed by atoms with Crippen LogP contribution in [0.4, 0.5) is 5.82 Å². The van der Waals surface area contributed by atoms with Gasteiger partial charge in [-0.25, -0.2) is 9.97 Å². The van der Waals surface area contributed by atoms with Crippen LogP contribution >= 0.6 is 0 Å². The first-order chi connectivity index (χ1) is 12.2. The minimum absolute atomic E-state index is 0.213. The third kappa shape index (κ3) is 2.58. The summed E-state index contributed by atoms with van der Waals surface area (Å²) >= 11 is 0. The lowest BCUT2D eigenvalue weighted by molar-refractivity contribution is 0.776. The zero-order chi connectivity index (χ0) is 17.4. The monoisotopic (exact) mass is 326 g/mol. The molecule has 4 aromatic rings. The number of anilines is 1. The second kappa shape index (κ2) is 5.73. The molecule has 0 spiro atoms. The summed E-state index contributed by atoms with van der Waals surface area (Å²) in [5.41, 5.74) is 10.3. The van der Waals surface area contributed by atoms with Crippen LogP contribution in [0.1, 0.15) is 5.56 Å². The highest BCUT2D eigenvalue weighted by atomic mass is 15.3. The van der Waals surface area contributed by atoms with E-state index < -0.39 is 0 Å². The molecule has 1 aromatic carbocycles. The molecule has 0 radical (unpaired) electrons. The SMILES string of the molecule is Cn1cc2cc(-c3cc(-c4ccccc4)c(C#N)c(N)n3)cnc2n1. The molecule has 0 bridgehead atoms. The number of nitrogens with zero attached hydrogens (tertiary/aromatic N) is 5. The van der Waals surface area contributed by atoms with Crippen LogP contribution in [0, 0.1) is 11.3 Å². The smallest absolute Gasteiger partial charge is 0.181 e. The first-order valence-corrected chi connectivity index (χ1v) is 7.71. The summed E-state index contributed by atoms with van der Waals surface area (Å²) < 4.78 is 1.72. The fourth-order valence-electron chi connectivity index (χ4n) is 2.85. The summed E-state index contributed by atoms with van der Waals surface area (Å²) in [5.74, 6) is 0.213. The van der Waals surface area contributed by atoms with Gasteiger partial charge in [0.2, 0.25) is 0 Å². The number of aromatic nitrogens is 4. The van der Waals surface area contributed by atoms with E-state index in [0.29, 0.717) is 16.9 Å². The van der Waals surface area contributed by atoms with Crippen LogP contribution in [0.15, 0.2) is 54.9 Å². The largest absolute Gasteiger partial charge is 0.383 e. The molecular weight excluding hydrogens is 312 g/mol. The first kappa shape index (κ1) is 14.8. The highest BCUT2D eigenvalue weighted by Crippen LogP contribution is 2.31. The lowest BCUT2D eigenvalue weighted by atomic mass is 9.99. The molecule has 25 heavy (non-hydrogen) atoms. The molecule has 4 rings (SSSR count). The minimum Gasteiger partial charge on any atom is -0.383 e. The Labute approximate surface area is 144 Å². The van der Waals surface area contributed by atoms with E-state index in [-0.39, 0.29) is 5.82 Å². The van der Waals surface area contributed by atoms with Crippen molar-refractivity contribution in [2.75, 3.05) is 5.73 Å². The lowest BCUT2D eigenvalue weighted by Crippen LogP contribution is -2.00. The predicted octanol–water partition coefficient (Wildman–Crippen LogP) is 3.15. The standard InChI is InChI=1S/C19H14N6/c1-25-11-14-7-13(10-22-19(14)24-25)17-8-15(12-5-3-2-4-6-12)16(9-20)18(21)23-17/h2-8,10-11H,1H3,(H2,21,23). The van der Waals surface area contributed by atoms with Crippen LogP contribution in [-0.2, 0) is 7.05 Å². The number of pyridine rings is 2. The maximum Gasteiger partial charge on any atom is 0.181 e. The third-order valence-corrected chi connectivity index (χ3v) is 4.01. The van der Waals surface area contributed by atoms with Gasteiger partial charge in [0, 0.05) is 36.0 Å². The van der Waals surface area contributed by atoms with Gasteiger partial charge in [0.25, 0.3) is 0 Å². The average molecular weight is 326 g/mol. The van der Waals surface area contributed by atoms with E-state index in [1.807, 2.05) is 55.7 Å². The molecule has 0 aliphatic rings. The Morgan fingerprint density at radius 1 is 1.12 bits per heavy atom. The van der Waals surface area contributed by atoms with Crippen molar-refractivity contribution in [2.45, 2.75) is 0 Å². The van der Waals surface area contributed by atoms with Gasteiger partial charge in [-0.1, -0.05) is 30.3 Å². The van der Waals surface area contributed by atoms with E-state index in [1.54, 1.807) is 10.9 Å². The Morgan fingerprint density at radius 3 is 2.68 bits per heavy atom. The number of rotatable bonds is 2. The number of nitrogen functional groups attached to an aromatic ring is 1. The van der Waals surface area contributed by atoms with Crippen LogP contribution in [0.2, 0.25) is 0 Å². The highest BCUT2D eigenvalue weighted by Gasteiger charge is 2.14. The van der Waals surface area contributed by atoms with Crippen molar-refractivity contribution in [3.63, 3.8) is 0 Å². The normalized spacial score (nSPS) is 10.7. The van der Waals surface area contributed by atoms with E-state index in [2.05, 4.69) is 21.1 Å². The van der Waals surface area contributed by atoms with Gasteiger partial charge in [0.1, 0.15) is 17.5 Å². The molecule has 0 saturated carbocycles. The van der Waals surface area contributed by atoms with Gasteiger partial charge in [-0.2, -0.15) is 10.4 Å². The number of fused-ring (bicyclic) bond motifs is 1. The van der Waals surface area contributed by atoms with E-state index in [1.165, 1.54) is 0 Å². The van der Waals surface area contributed by atoms with E-state index >= 15 is 0 Å². The van der Waals surface area contributed by atoms with Crippen molar-refractivity contribution in [3.8, 4) is 28.5 Å². The van der Waals surface area contributed by atoms with Crippen molar-refractivity contribution in [2.24, 2.45) is 7.05 Å². The molecule has 0 aliphatic carbocycles. The van der Waals surface area contributed by atoms with Gasteiger partial charge in [0.05, 0.1) is 5.69 Å². The summed E-state index contributed by atoms with van der Waals surface area (Å²) in [6, 6.07) is 15.7. The number of nitrogens with two attached hydrogens (primary N) is 1. The maximum absolute atomic E-state index is 9.47. The second-order valence-electron chi connectivity index (χ2n) is 5.73. The number of hydrogen-bond acceptors (Lipinski definition) is 5. The van der Waals surface area contributed by atoms with Crippen molar-refractivity contribution < 1.29 is 0 Å². The number of aryl methyl sites for hydroxylation is 1. The van der Waals surface area contributed by atoms with Gasteiger partial charge in [-0.15, -0.1) is 0 Å². The quantitative estimate of drug-likeness (QED) is 0.611. The molecule has 0 fully saturated rings. The van der Waals surface area contributed by atoms with Crippen LogP contribution in [0.5, 0.6) is 0 Å². The molecule has 0 aliphatic heterocycles. The third-order valence-electron chi connectivity index (χ3n) is 4.01. The predicted molar refractivity (Wildman–Crippen MR) is 96.3 cm³/mol. The van der Waals surface area contributed by atoms with Crippen LogP contribution in [0.3, 0.4) is 0 Å². The van der Waals surface area contributed by atoms with Gasteiger partial charge < -0.3 is 5.73 Å². The van der Waals surface area contributed by atoms with Gasteiger partial charge in [-0.05, 0) is 17.7 Å². The van der Waals surface area contributed by atoms with Gasteiger partial charge in [0.15, 0.2) is 5.65 Å². The topological polar surface area (TPSA) is 93.4 Å². The fourth-order valence-corrected chi connectivity index (χ4v) is 2.85. The summed E-state index contributed by atoms with van der Waals surface area (Å²) in [6.07, 6.45) is 3.62. The van der Waals surface area contributed by atoms with Gasteiger partial charge in [-0.3, -0.25) is 4.68 Å². The van der Waals surface area contributed by atoms with E-state index in [0.717, 1.165) is 22.1 Å². The summed E-state index contributed by atoms with van der Waals surface area (Å²) in [7, 11) is 1.85. The highest BCUT2D eigenvalue weighted by molar-refractivity contribution is 5.83.